The third kappa shape index (κ3) is 3.71. The molecule has 2 heterocycles. The number of anilines is 2. The van der Waals surface area contributed by atoms with Crippen LogP contribution in [-0.2, 0) is 17.7 Å². The predicted molar refractivity (Wildman–Crippen MR) is 89.7 cm³/mol. The number of aryl methyl sites for hydroxylation is 2. The van der Waals surface area contributed by atoms with E-state index < -0.39 is 0 Å². The highest BCUT2D eigenvalue weighted by Crippen LogP contribution is 2.20. The Balaban J connectivity index is 1.64. The average Bonchev–Trinajstić information content (AvgIpc) is 2.96. The first-order valence-corrected chi connectivity index (χ1v) is 7.93. The van der Waals surface area contributed by atoms with Crippen molar-refractivity contribution in [3.05, 3.63) is 41.6 Å². The minimum atomic E-state index is -0.289. The van der Waals surface area contributed by atoms with Crippen LogP contribution >= 0.6 is 0 Å². The molecule has 0 aliphatic carbocycles. The summed E-state index contributed by atoms with van der Waals surface area (Å²) in [5.74, 6) is 0.598. The Morgan fingerprint density at radius 2 is 2.17 bits per heavy atom. The second kappa shape index (κ2) is 6.83. The van der Waals surface area contributed by atoms with Crippen molar-refractivity contribution in [3.63, 3.8) is 0 Å². The summed E-state index contributed by atoms with van der Waals surface area (Å²) in [5, 5.41) is 10.0. The van der Waals surface area contributed by atoms with Gasteiger partial charge in [-0.15, -0.1) is 0 Å². The first kappa shape index (κ1) is 15.6. The molecule has 0 radical (unpaired) electrons. The first-order valence-electron chi connectivity index (χ1n) is 7.93. The van der Waals surface area contributed by atoms with Gasteiger partial charge in [0.05, 0.1) is 6.10 Å². The molecule has 0 fully saturated rings. The number of benzene rings is 1. The molecule has 0 bridgehead atoms. The van der Waals surface area contributed by atoms with Gasteiger partial charge in [-0.05, 0) is 43.9 Å². The number of rotatable bonds is 4. The fraction of sp³-hybridized carbons (Fsp3) is 0.412. The highest BCUT2D eigenvalue weighted by molar-refractivity contribution is 5.99. The summed E-state index contributed by atoms with van der Waals surface area (Å²) in [6, 6.07) is 9.29. The average molecular weight is 314 g/mol. The number of carbonyl (C=O) groups is 1. The molecule has 122 valence electrons. The van der Waals surface area contributed by atoms with Gasteiger partial charge in [-0.2, -0.15) is 5.10 Å². The van der Waals surface area contributed by atoms with Gasteiger partial charge in [0.15, 0.2) is 5.82 Å². The van der Waals surface area contributed by atoms with Gasteiger partial charge in [0.1, 0.15) is 0 Å². The summed E-state index contributed by atoms with van der Waals surface area (Å²) in [5.41, 5.74) is 2.93. The first-order chi connectivity index (χ1) is 11.2. The number of carbonyl (C=O) groups excluding carboxylic acids is 1. The maximum Gasteiger partial charge on any atom is 0.324 e. The number of fused-ring (bicyclic) bond motifs is 1. The molecule has 1 aliphatic rings. The van der Waals surface area contributed by atoms with Gasteiger partial charge in [0, 0.05) is 31.1 Å². The van der Waals surface area contributed by atoms with E-state index in [1.165, 1.54) is 12.1 Å². The number of amides is 2. The number of nitrogens with zero attached hydrogens (tertiary/aromatic N) is 2. The molecular weight excluding hydrogens is 292 g/mol. The lowest BCUT2D eigenvalue weighted by Crippen LogP contribution is -2.20. The second-order valence-corrected chi connectivity index (χ2v) is 5.78. The number of nitrogens with one attached hydrogen (secondary N) is 2. The quantitative estimate of drug-likeness (QED) is 0.906. The summed E-state index contributed by atoms with van der Waals surface area (Å²) >= 11 is 0. The predicted octanol–water partition coefficient (Wildman–Crippen LogP) is 3.57. The Hall–Kier alpha value is -2.34. The van der Waals surface area contributed by atoms with Gasteiger partial charge in [-0.25, -0.2) is 4.79 Å². The Kier molecular flexibility index (Phi) is 4.62. The Bertz CT molecular complexity index is 672. The fourth-order valence-corrected chi connectivity index (χ4v) is 2.76. The van der Waals surface area contributed by atoms with Crippen molar-refractivity contribution in [2.45, 2.75) is 38.8 Å². The monoisotopic (exact) mass is 314 g/mol. The van der Waals surface area contributed by atoms with E-state index in [0.717, 1.165) is 30.6 Å². The van der Waals surface area contributed by atoms with Crippen LogP contribution in [0.1, 0.15) is 37.1 Å². The van der Waals surface area contributed by atoms with E-state index in [-0.39, 0.29) is 12.1 Å². The number of methoxy groups -OCH3 is 1. The van der Waals surface area contributed by atoms with Crippen LogP contribution in [0.15, 0.2) is 30.3 Å². The summed E-state index contributed by atoms with van der Waals surface area (Å²) in [6.07, 6.45) is 3.33. The van der Waals surface area contributed by atoms with Crippen molar-refractivity contribution in [1.82, 2.24) is 9.78 Å². The minimum Gasteiger partial charge on any atom is -0.377 e. The molecule has 2 aromatic rings. The SMILES string of the molecule is COC(C)c1cccc(NC(=O)Nc2cc3n(n2)CCCC3)c1. The van der Waals surface area contributed by atoms with Gasteiger partial charge in [0.2, 0.25) is 0 Å². The van der Waals surface area contributed by atoms with Gasteiger partial charge >= 0.3 is 6.03 Å². The number of hydrogen-bond donors (Lipinski definition) is 2. The second-order valence-electron chi connectivity index (χ2n) is 5.78. The fourth-order valence-electron chi connectivity index (χ4n) is 2.76. The molecule has 2 N–H and O–H groups in total. The zero-order valence-corrected chi connectivity index (χ0v) is 13.5. The standard InChI is InChI=1S/C17H22N4O2/c1-12(23-2)13-6-5-7-14(10-13)18-17(22)19-16-11-15-8-3-4-9-21(15)20-16/h5-7,10-12H,3-4,8-9H2,1-2H3,(H2,18,19,20,22). The van der Waals surface area contributed by atoms with E-state index in [2.05, 4.69) is 15.7 Å². The highest BCUT2D eigenvalue weighted by atomic mass is 16.5. The van der Waals surface area contributed by atoms with E-state index in [4.69, 9.17) is 4.74 Å². The Morgan fingerprint density at radius 3 is 2.96 bits per heavy atom. The van der Waals surface area contributed by atoms with Gasteiger partial charge in [0.25, 0.3) is 0 Å². The number of hydrogen-bond acceptors (Lipinski definition) is 3. The van der Waals surface area contributed by atoms with E-state index in [9.17, 15) is 4.79 Å². The highest BCUT2D eigenvalue weighted by Gasteiger charge is 2.14. The summed E-state index contributed by atoms with van der Waals surface area (Å²) < 4.78 is 7.27. The van der Waals surface area contributed by atoms with E-state index >= 15 is 0 Å². The van der Waals surface area contributed by atoms with Gasteiger partial charge < -0.3 is 10.1 Å². The van der Waals surface area contributed by atoms with Gasteiger partial charge in [-0.3, -0.25) is 10.00 Å². The van der Waals surface area contributed by atoms with Crippen LogP contribution in [0.25, 0.3) is 0 Å². The van der Waals surface area contributed by atoms with E-state index in [1.807, 2.05) is 41.9 Å². The summed E-state index contributed by atoms with van der Waals surface area (Å²) in [6.45, 7) is 2.89. The molecule has 0 saturated heterocycles. The van der Waals surface area contributed by atoms with Crippen molar-refractivity contribution in [3.8, 4) is 0 Å². The minimum absolute atomic E-state index is 0.0142. The number of aromatic nitrogens is 2. The van der Waals surface area contributed by atoms with Crippen LogP contribution < -0.4 is 10.6 Å². The molecule has 0 saturated carbocycles. The zero-order valence-electron chi connectivity index (χ0n) is 13.5. The molecule has 1 unspecified atom stereocenters. The molecule has 2 amide bonds. The Labute approximate surface area is 135 Å². The maximum absolute atomic E-state index is 12.1. The van der Waals surface area contributed by atoms with Crippen molar-refractivity contribution in [1.29, 1.82) is 0 Å². The lowest BCUT2D eigenvalue weighted by Gasteiger charge is -2.12. The molecule has 3 rings (SSSR count). The molecule has 1 aromatic carbocycles. The van der Waals surface area contributed by atoms with E-state index in [0.29, 0.717) is 5.82 Å². The summed E-state index contributed by atoms with van der Waals surface area (Å²) in [4.78, 5) is 12.1. The largest absolute Gasteiger partial charge is 0.377 e. The van der Waals surface area contributed by atoms with Crippen molar-refractivity contribution in [2.24, 2.45) is 0 Å². The molecule has 1 aromatic heterocycles. The lowest BCUT2D eigenvalue weighted by atomic mass is 10.1. The van der Waals surface area contributed by atoms with Crippen LogP contribution in [0, 0.1) is 0 Å². The molecule has 1 aliphatic heterocycles. The molecular formula is C17H22N4O2. The Morgan fingerprint density at radius 1 is 1.30 bits per heavy atom. The smallest absolute Gasteiger partial charge is 0.324 e. The van der Waals surface area contributed by atoms with Gasteiger partial charge in [-0.1, -0.05) is 12.1 Å². The third-order valence-electron chi connectivity index (χ3n) is 4.13. The summed E-state index contributed by atoms with van der Waals surface area (Å²) in [7, 11) is 1.66. The third-order valence-corrected chi connectivity index (χ3v) is 4.13. The molecule has 0 spiro atoms. The van der Waals surface area contributed by atoms with Crippen LogP contribution in [0.3, 0.4) is 0 Å². The van der Waals surface area contributed by atoms with Crippen molar-refractivity contribution >= 4 is 17.5 Å². The van der Waals surface area contributed by atoms with E-state index in [1.54, 1.807) is 7.11 Å². The maximum atomic E-state index is 12.1. The topological polar surface area (TPSA) is 68.2 Å². The van der Waals surface area contributed by atoms with Crippen LogP contribution in [-0.4, -0.2) is 22.9 Å². The molecule has 6 heteroatoms. The zero-order chi connectivity index (χ0) is 16.2. The van der Waals surface area contributed by atoms with Crippen molar-refractivity contribution in [2.75, 3.05) is 17.7 Å². The lowest BCUT2D eigenvalue weighted by molar-refractivity contribution is 0.119. The number of ether oxygens (including phenoxy) is 1. The molecule has 1 atom stereocenters. The van der Waals surface area contributed by atoms with Crippen LogP contribution in [0.4, 0.5) is 16.3 Å². The number of urea groups is 1. The van der Waals surface area contributed by atoms with Crippen LogP contribution in [0.2, 0.25) is 0 Å². The van der Waals surface area contributed by atoms with Crippen LogP contribution in [0.5, 0.6) is 0 Å². The molecule has 6 nitrogen and oxygen atoms in total. The normalized spacial score (nSPS) is 14.9. The van der Waals surface area contributed by atoms with Crippen molar-refractivity contribution < 1.29 is 9.53 Å². The molecule has 23 heavy (non-hydrogen) atoms.